The van der Waals surface area contributed by atoms with Crippen LogP contribution >= 0.6 is 11.3 Å². The number of aromatic nitrogens is 2. The summed E-state index contributed by atoms with van der Waals surface area (Å²) in [5.41, 5.74) is 3.16. The molecule has 1 aliphatic rings. The number of thiophene rings is 1. The van der Waals surface area contributed by atoms with Gasteiger partial charge in [-0.25, -0.2) is 9.07 Å². The summed E-state index contributed by atoms with van der Waals surface area (Å²) in [5, 5.41) is 7.79. The highest BCUT2D eigenvalue weighted by Crippen LogP contribution is 2.43. The third-order valence-corrected chi connectivity index (χ3v) is 7.31. The lowest BCUT2D eigenvalue weighted by atomic mass is 9.81. The van der Waals surface area contributed by atoms with Crippen molar-refractivity contribution >= 4 is 29.0 Å². The van der Waals surface area contributed by atoms with Gasteiger partial charge in [0.2, 0.25) is 0 Å². The van der Waals surface area contributed by atoms with Crippen LogP contribution in [0.25, 0.3) is 5.69 Å². The number of benzene rings is 2. The molecule has 0 saturated heterocycles. The van der Waals surface area contributed by atoms with E-state index in [1.54, 1.807) is 27.8 Å². The zero-order chi connectivity index (χ0) is 24.7. The molecule has 2 unspecified atom stereocenters. The second kappa shape index (κ2) is 9.11. The van der Waals surface area contributed by atoms with E-state index in [1.807, 2.05) is 57.2 Å². The van der Waals surface area contributed by atoms with Gasteiger partial charge in [-0.1, -0.05) is 30.3 Å². The lowest BCUT2D eigenvalue weighted by Crippen LogP contribution is -2.55. The van der Waals surface area contributed by atoms with E-state index in [1.165, 1.54) is 23.5 Å². The molecule has 178 valence electrons. The van der Waals surface area contributed by atoms with Gasteiger partial charge in [-0.2, -0.15) is 5.10 Å². The molecule has 0 radical (unpaired) electrons. The predicted octanol–water partition coefficient (Wildman–Crippen LogP) is 4.99. The lowest BCUT2D eigenvalue weighted by Gasteiger charge is -2.38. The predicted molar refractivity (Wildman–Crippen MR) is 135 cm³/mol. The number of likely N-dealkylation sites (N-methyl/N-ethyl adjacent to an activating group) is 1. The Morgan fingerprint density at radius 2 is 1.77 bits per heavy atom. The van der Waals surface area contributed by atoms with Crippen LogP contribution < -0.4 is 10.2 Å². The fourth-order valence-electron chi connectivity index (χ4n) is 4.73. The van der Waals surface area contributed by atoms with E-state index in [2.05, 4.69) is 5.32 Å². The maximum atomic E-state index is 13.9. The number of amides is 2. The van der Waals surface area contributed by atoms with Crippen molar-refractivity contribution in [3.63, 3.8) is 0 Å². The SMILES string of the molecule is CCN1C(=O)C(NC(=O)c2ccc(C)s2)C(c2ccc(F)cc2)c2c(C)nn(-c3ccccc3)c21. The highest BCUT2D eigenvalue weighted by molar-refractivity contribution is 7.13. The highest BCUT2D eigenvalue weighted by atomic mass is 32.1. The van der Waals surface area contributed by atoms with E-state index in [-0.39, 0.29) is 17.6 Å². The smallest absolute Gasteiger partial charge is 0.262 e. The molecule has 2 amide bonds. The van der Waals surface area contributed by atoms with Crippen LogP contribution in [0, 0.1) is 19.7 Å². The second-order valence-electron chi connectivity index (χ2n) is 8.54. The Hall–Kier alpha value is -3.78. The largest absolute Gasteiger partial charge is 0.339 e. The number of carbonyl (C=O) groups excluding carboxylic acids is 2. The van der Waals surface area contributed by atoms with Gasteiger partial charge in [0.1, 0.15) is 17.7 Å². The van der Waals surface area contributed by atoms with Gasteiger partial charge in [0, 0.05) is 22.9 Å². The number of rotatable bonds is 5. The molecule has 0 saturated carbocycles. The van der Waals surface area contributed by atoms with Crippen LogP contribution in [0.4, 0.5) is 10.2 Å². The Morgan fingerprint density at radius 3 is 2.40 bits per heavy atom. The minimum Gasteiger partial charge on any atom is -0.339 e. The van der Waals surface area contributed by atoms with Crippen LogP contribution in [0.2, 0.25) is 0 Å². The lowest BCUT2D eigenvalue weighted by molar-refractivity contribution is -0.121. The van der Waals surface area contributed by atoms with Crippen molar-refractivity contribution < 1.29 is 14.0 Å². The number of aryl methyl sites for hydroxylation is 2. The quantitative estimate of drug-likeness (QED) is 0.431. The highest BCUT2D eigenvalue weighted by Gasteiger charge is 2.45. The standard InChI is InChI=1S/C27H25FN4O2S/c1-4-31-26-22(17(3)30-32(26)20-8-6-5-7-9-20)23(18-11-13-19(28)14-12-18)24(27(31)34)29-25(33)21-15-10-16(2)35-21/h5-15,23-24H,4H2,1-3H3,(H,29,33). The van der Waals surface area contributed by atoms with Crippen molar-refractivity contribution in [2.45, 2.75) is 32.7 Å². The fraction of sp³-hybridized carbons (Fsp3) is 0.222. The normalized spacial score (nSPS) is 17.4. The zero-order valence-corrected chi connectivity index (χ0v) is 20.5. The van der Waals surface area contributed by atoms with Crippen LogP contribution in [0.1, 0.15) is 44.2 Å². The third-order valence-electron chi connectivity index (χ3n) is 6.31. The zero-order valence-electron chi connectivity index (χ0n) is 19.7. The van der Waals surface area contributed by atoms with E-state index < -0.39 is 12.0 Å². The Kier molecular flexibility index (Phi) is 5.98. The monoisotopic (exact) mass is 488 g/mol. The molecule has 3 heterocycles. The van der Waals surface area contributed by atoms with E-state index >= 15 is 0 Å². The van der Waals surface area contributed by atoms with Crippen molar-refractivity contribution in [3.8, 4) is 5.69 Å². The van der Waals surface area contributed by atoms with Crippen LogP contribution in [0.3, 0.4) is 0 Å². The molecule has 2 aromatic carbocycles. The summed E-state index contributed by atoms with van der Waals surface area (Å²) in [4.78, 5) is 30.3. The van der Waals surface area contributed by atoms with Crippen molar-refractivity contribution in [1.82, 2.24) is 15.1 Å². The van der Waals surface area contributed by atoms with Gasteiger partial charge in [-0.3, -0.25) is 14.5 Å². The molecular weight excluding hydrogens is 463 g/mol. The Bertz CT molecular complexity index is 1390. The van der Waals surface area contributed by atoms with Gasteiger partial charge in [-0.15, -0.1) is 11.3 Å². The van der Waals surface area contributed by atoms with Crippen molar-refractivity contribution in [2.75, 3.05) is 11.4 Å². The summed E-state index contributed by atoms with van der Waals surface area (Å²) in [6, 6.07) is 18.5. The maximum absolute atomic E-state index is 13.9. The molecular formula is C27H25FN4O2S. The topological polar surface area (TPSA) is 67.2 Å². The van der Waals surface area contributed by atoms with E-state index in [0.29, 0.717) is 17.2 Å². The first-order chi connectivity index (χ1) is 16.9. The van der Waals surface area contributed by atoms with Gasteiger partial charge in [-0.05, 0) is 62.7 Å². The molecule has 1 aliphatic heterocycles. The van der Waals surface area contributed by atoms with Crippen LogP contribution in [-0.4, -0.2) is 34.2 Å². The number of carbonyl (C=O) groups is 2. The molecule has 6 nitrogen and oxygen atoms in total. The molecule has 8 heteroatoms. The van der Waals surface area contributed by atoms with Crippen LogP contribution in [-0.2, 0) is 4.79 Å². The molecule has 2 atom stereocenters. The number of hydrogen-bond acceptors (Lipinski definition) is 4. The number of nitrogens with one attached hydrogen (secondary N) is 1. The third kappa shape index (κ3) is 4.04. The van der Waals surface area contributed by atoms with Gasteiger partial charge >= 0.3 is 0 Å². The summed E-state index contributed by atoms with van der Waals surface area (Å²) in [6.07, 6.45) is 0. The molecule has 35 heavy (non-hydrogen) atoms. The van der Waals surface area contributed by atoms with Crippen molar-refractivity contribution in [3.05, 3.63) is 99.1 Å². The summed E-state index contributed by atoms with van der Waals surface area (Å²) < 4.78 is 15.6. The molecule has 2 aromatic heterocycles. The molecule has 0 aliphatic carbocycles. The van der Waals surface area contributed by atoms with Crippen LogP contribution in [0.5, 0.6) is 0 Å². The Labute approximate surface area is 207 Å². The summed E-state index contributed by atoms with van der Waals surface area (Å²) in [5.74, 6) is -0.747. The van der Waals surface area contributed by atoms with Gasteiger partial charge in [0.05, 0.1) is 16.3 Å². The molecule has 5 rings (SSSR count). The molecule has 1 N–H and O–H groups in total. The summed E-state index contributed by atoms with van der Waals surface area (Å²) in [7, 11) is 0. The fourth-order valence-corrected chi connectivity index (χ4v) is 5.50. The summed E-state index contributed by atoms with van der Waals surface area (Å²) in [6.45, 7) is 6.14. The van der Waals surface area contributed by atoms with Gasteiger partial charge in [0.15, 0.2) is 0 Å². The first kappa shape index (κ1) is 23.0. The van der Waals surface area contributed by atoms with E-state index in [4.69, 9.17) is 5.10 Å². The Morgan fingerprint density at radius 1 is 1.06 bits per heavy atom. The number of fused-ring (bicyclic) bond motifs is 1. The second-order valence-corrected chi connectivity index (χ2v) is 9.83. The molecule has 0 bridgehead atoms. The first-order valence-corrected chi connectivity index (χ1v) is 12.3. The number of halogens is 1. The van der Waals surface area contributed by atoms with Crippen molar-refractivity contribution in [1.29, 1.82) is 0 Å². The van der Waals surface area contributed by atoms with Gasteiger partial charge in [0.25, 0.3) is 11.8 Å². The van der Waals surface area contributed by atoms with E-state index in [0.717, 1.165) is 27.4 Å². The minimum absolute atomic E-state index is 0.229. The van der Waals surface area contributed by atoms with Crippen LogP contribution in [0.15, 0.2) is 66.7 Å². The average molecular weight is 489 g/mol. The average Bonchev–Trinajstić information content (AvgIpc) is 3.44. The van der Waals surface area contributed by atoms with Crippen molar-refractivity contribution in [2.24, 2.45) is 0 Å². The number of anilines is 1. The molecule has 0 spiro atoms. The minimum atomic E-state index is -0.866. The summed E-state index contributed by atoms with van der Waals surface area (Å²) >= 11 is 1.38. The molecule has 4 aromatic rings. The molecule has 0 fully saturated rings. The number of nitrogens with zero attached hydrogens (tertiary/aromatic N) is 3. The number of hydrogen-bond donors (Lipinski definition) is 1. The Balaban J connectivity index is 1.69. The first-order valence-electron chi connectivity index (χ1n) is 11.5. The number of para-hydroxylation sites is 1. The van der Waals surface area contributed by atoms with Gasteiger partial charge < -0.3 is 5.32 Å². The maximum Gasteiger partial charge on any atom is 0.262 e. The van der Waals surface area contributed by atoms with E-state index in [9.17, 15) is 14.0 Å².